The minimum atomic E-state index is -0.243. The lowest BCUT2D eigenvalue weighted by molar-refractivity contribution is 0.379. The highest BCUT2D eigenvalue weighted by molar-refractivity contribution is 9.10. The minimum Gasteiger partial charge on any atom is -0.496 e. The lowest BCUT2D eigenvalue weighted by Crippen LogP contribution is -2.28. The molecule has 0 spiro atoms. The van der Waals surface area contributed by atoms with Gasteiger partial charge in [0.25, 0.3) is 0 Å². The molecule has 1 aromatic heterocycles. The van der Waals surface area contributed by atoms with E-state index in [1.165, 1.54) is 18.5 Å². The van der Waals surface area contributed by atoms with Crippen LogP contribution < -0.4 is 10.1 Å². The average molecular weight is 403 g/mol. The topological polar surface area (TPSA) is 52.0 Å². The number of hydrogen-bond donors (Lipinski definition) is 1. The van der Waals surface area contributed by atoms with Crippen LogP contribution in [0, 0.1) is 5.82 Å². The number of anilines is 1. The van der Waals surface area contributed by atoms with Gasteiger partial charge in [0.15, 0.2) is 0 Å². The summed E-state index contributed by atoms with van der Waals surface area (Å²) in [6, 6.07) is 12.4. The number of halogens is 2. The van der Waals surface area contributed by atoms with E-state index in [1.807, 2.05) is 22.9 Å². The number of fused-ring (bicyclic) bond motifs is 1. The van der Waals surface area contributed by atoms with Crippen LogP contribution >= 0.6 is 15.9 Å². The summed E-state index contributed by atoms with van der Waals surface area (Å²) < 4.78 is 21.6. The molecule has 1 aliphatic rings. The predicted octanol–water partition coefficient (Wildman–Crippen LogP) is 4.33. The highest BCUT2D eigenvalue weighted by Crippen LogP contribution is 2.41. The molecule has 1 aliphatic heterocycles. The third kappa shape index (κ3) is 3.00. The first-order chi connectivity index (χ1) is 12.2. The first kappa shape index (κ1) is 16.1. The van der Waals surface area contributed by atoms with Crippen molar-refractivity contribution in [3.05, 3.63) is 70.2 Å². The largest absolute Gasteiger partial charge is 0.496 e. The summed E-state index contributed by atoms with van der Waals surface area (Å²) in [4.78, 5) is 4.32. The van der Waals surface area contributed by atoms with Gasteiger partial charge in [-0.25, -0.2) is 9.07 Å². The normalized spacial score (nSPS) is 19.2. The van der Waals surface area contributed by atoms with Crippen molar-refractivity contribution in [2.24, 2.45) is 0 Å². The molecule has 0 saturated carbocycles. The van der Waals surface area contributed by atoms with E-state index in [4.69, 9.17) is 4.74 Å². The van der Waals surface area contributed by atoms with Gasteiger partial charge in [-0.05, 0) is 42.3 Å². The minimum absolute atomic E-state index is 0.00554. The lowest BCUT2D eigenvalue weighted by Gasteiger charge is -2.32. The van der Waals surface area contributed by atoms with Crippen LogP contribution in [0.2, 0.25) is 0 Å². The Morgan fingerprint density at radius 1 is 1.24 bits per heavy atom. The fourth-order valence-electron chi connectivity index (χ4n) is 3.26. The number of methoxy groups -OCH3 is 1. The summed E-state index contributed by atoms with van der Waals surface area (Å²) in [5.74, 6) is 1.25. The Hall–Kier alpha value is -2.41. The first-order valence-electron chi connectivity index (χ1n) is 7.90. The highest BCUT2D eigenvalue weighted by atomic mass is 79.9. The molecule has 3 aromatic rings. The van der Waals surface area contributed by atoms with Crippen LogP contribution in [0.1, 0.15) is 29.6 Å². The lowest BCUT2D eigenvalue weighted by atomic mass is 9.93. The van der Waals surface area contributed by atoms with E-state index in [1.54, 1.807) is 19.2 Å². The van der Waals surface area contributed by atoms with Gasteiger partial charge in [0.2, 0.25) is 5.95 Å². The van der Waals surface area contributed by atoms with Crippen LogP contribution in [-0.4, -0.2) is 21.9 Å². The second-order valence-corrected chi connectivity index (χ2v) is 6.83. The van der Waals surface area contributed by atoms with Gasteiger partial charge in [-0.2, -0.15) is 10.1 Å². The summed E-state index contributed by atoms with van der Waals surface area (Å²) in [5, 5.41) is 7.75. The number of hydrogen-bond acceptors (Lipinski definition) is 4. The van der Waals surface area contributed by atoms with Crippen LogP contribution in [0.3, 0.4) is 0 Å². The smallest absolute Gasteiger partial charge is 0.222 e. The standard InChI is InChI=1S/C18H16BrFN4O/c1-25-17-7-4-12(19)8-14(17)16-9-15(11-2-5-13(20)6-3-11)23-18-21-10-22-24(16)18/h2-8,10,15-16H,9H2,1H3,(H,21,22,23)/t15-,16-/m1/s1. The number of rotatable bonds is 3. The monoisotopic (exact) mass is 402 g/mol. The van der Waals surface area contributed by atoms with Crippen LogP contribution in [0.25, 0.3) is 0 Å². The maximum absolute atomic E-state index is 13.3. The van der Waals surface area contributed by atoms with E-state index in [9.17, 15) is 4.39 Å². The van der Waals surface area contributed by atoms with Crippen molar-refractivity contribution in [1.82, 2.24) is 14.8 Å². The molecule has 0 amide bonds. The molecule has 2 aromatic carbocycles. The molecule has 1 N–H and O–H groups in total. The Morgan fingerprint density at radius 2 is 2.04 bits per heavy atom. The summed E-state index contributed by atoms with van der Waals surface area (Å²) in [6.07, 6.45) is 2.28. The number of benzene rings is 2. The van der Waals surface area contributed by atoms with E-state index in [-0.39, 0.29) is 17.9 Å². The van der Waals surface area contributed by atoms with Crippen LogP contribution in [0.15, 0.2) is 53.3 Å². The van der Waals surface area contributed by atoms with E-state index >= 15 is 0 Å². The fraction of sp³-hybridized carbons (Fsp3) is 0.222. The second-order valence-electron chi connectivity index (χ2n) is 5.91. The first-order valence-corrected chi connectivity index (χ1v) is 8.70. The third-order valence-electron chi connectivity index (χ3n) is 4.45. The predicted molar refractivity (Wildman–Crippen MR) is 96.2 cm³/mol. The maximum Gasteiger partial charge on any atom is 0.222 e. The second kappa shape index (κ2) is 6.48. The van der Waals surface area contributed by atoms with Crippen molar-refractivity contribution in [2.45, 2.75) is 18.5 Å². The van der Waals surface area contributed by atoms with Crippen molar-refractivity contribution >= 4 is 21.9 Å². The van der Waals surface area contributed by atoms with Crippen LogP contribution in [-0.2, 0) is 0 Å². The maximum atomic E-state index is 13.3. The van der Waals surface area contributed by atoms with Gasteiger partial charge in [-0.1, -0.05) is 28.1 Å². The molecule has 0 aliphatic carbocycles. The molecule has 25 heavy (non-hydrogen) atoms. The van der Waals surface area contributed by atoms with Crippen molar-refractivity contribution in [3.8, 4) is 5.75 Å². The number of nitrogens with one attached hydrogen (secondary N) is 1. The molecule has 5 nitrogen and oxygen atoms in total. The highest BCUT2D eigenvalue weighted by Gasteiger charge is 2.31. The van der Waals surface area contributed by atoms with Crippen LogP contribution in [0.5, 0.6) is 5.75 Å². The molecular formula is C18H16BrFN4O. The van der Waals surface area contributed by atoms with Crippen molar-refractivity contribution < 1.29 is 9.13 Å². The zero-order valence-corrected chi connectivity index (χ0v) is 15.1. The summed E-state index contributed by atoms with van der Waals surface area (Å²) in [5.41, 5.74) is 2.03. The number of nitrogens with zero attached hydrogens (tertiary/aromatic N) is 3. The van der Waals surface area contributed by atoms with E-state index in [0.717, 1.165) is 27.8 Å². The van der Waals surface area contributed by atoms with Gasteiger partial charge < -0.3 is 10.1 Å². The molecule has 0 saturated heterocycles. The Morgan fingerprint density at radius 3 is 2.80 bits per heavy atom. The van der Waals surface area contributed by atoms with Gasteiger partial charge in [-0.3, -0.25) is 0 Å². The molecule has 2 heterocycles. The van der Waals surface area contributed by atoms with Gasteiger partial charge in [0.05, 0.1) is 19.2 Å². The fourth-order valence-corrected chi connectivity index (χ4v) is 3.64. The summed E-state index contributed by atoms with van der Waals surface area (Å²) in [7, 11) is 1.66. The molecule has 2 atom stereocenters. The molecule has 7 heteroatoms. The quantitative estimate of drug-likeness (QED) is 0.707. The van der Waals surface area contributed by atoms with Gasteiger partial charge in [-0.15, -0.1) is 0 Å². The number of aromatic nitrogens is 3. The van der Waals surface area contributed by atoms with E-state index in [2.05, 4.69) is 31.3 Å². The van der Waals surface area contributed by atoms with Gasteiger partial charge in [0.1, 0.15) is 17.9 Å². The molecule has 0 bridgehead atoms. The Bertz CT molecular complexity index is 896. The van der Waals surface area contributed by atoms with E-state index < -0.39 is 0 Å². The third-order valence-corrected chi connectivity index (χ3v) is 4.95. The van der Waals surface area contributed by atoms with Crippen molar-refractivity contribution in [1.29, 1.82) is 0 Å². The zero-order valence-electron chi connectivity index (χ0n) is 13.5. The molecular weight excluding hydrogens is 387 g/mol. The molecule has 4 rings (SSSR count). The SMILES string of the molecule is COc1ccc(Br)cc1[C@H]1C[C@H](c2ccc(F)cc2)Nc2ncnn21. The average Bonchev–Trinajstić information content (AvgIpc) is 3.10. The van der Waals surface area contributed by atoms with Gasteiger partial charge in [0, 0.05) is 10.0 Å². The zero-order chi connectivity index (χ0) is 17.4. The van der Waals surface area contributed by atoms with Gasteiger partial charge >= 0.3 is 0 Å². The van der Waals surface area contributed by atoms with Crippen molar-refractivity contribution in [2.75, 3.05) is 12.4 Å². The van der Waals surface area contributed by atoms with E-state index in [0.29, 0.717) is 5.95 Å². The Kier molecular flexibility index (Phi) is 4.17. The summed E-state index contributed by atoms with van der Waals surface area (Å²) in [6.45, 7) is 0. The van der Waals surface area contributed by atoms with Crippen molar-refractivity contribution in [3.63, 3.8) is 0 Å². The Balaban J connectivity index is 1.77. The van der Waals surface area contributed by atoms with Crippen LogP contribution in [0.4, 0.5) is 10.3 Å². The molecule has 0 radical (unpaired) electrons. The Labute approximate surface area is 153 Å². The number of ether oxygens (including phenoxy) is 1. The summed E-state index contributed by atoms with van der Waals surface area (Å²) >= 11 is 3.53. The molecule has 0 fully saturated rings. The molecule has 128 valence electrons. The molecule has 0 unspecified atom stereocenters.